The third-order valence-electron chi connectivity index (χ3n) is 2.96. The summed E-state index contributed by atoms with van der Waals surface area (Å²) in [5, 5.41) is 8.61. The maximum Gasteiger partial charge on any atom is 0.304 e. The van der Waals surface area contributed by atoms with Crippen LogP contribution < -0.4 is 0 Å². The number of benzene rings is 1. The van der Waals surface area contributed by atoms with E-state index in [1.165, 1.54) is 29.6 Å². The zero-order valence-electron chi connectivity index (χ0n) is 12.0. The lowest BCUT2D eigenvalue weighted by Crippen LogP contribution is -2.42. The van der Waals surface area contributed by atoms with E-state index in [-0.39, 0.29) is 26.1 Å². The highest BCUT2D eigenvalue weighted by Crippen LogP contribution is 2.13. The number of aliphatic carboxylic acids is 1. The van der Waals surface area contributed by atoms with Crippen molar-refractivity contribution in [3.8, 4) is 0 Å². The van der Waals surface area contributed by atoms with Crippen molar-refractivity contribution in [2.75, 3.05) is 20.1 Å². The summed E-state index contributed by atoms with van der Waals surface area (Å²) in [6.07, 6.45) is -0.271. The van der Waals surface area contributed by atoms with Gasteiger partial charge in [0.05, 0.1) is 6.42 Å². The summed E-state index contributed by atoms with van der Waals surface area (Å²) < 4.78 is 40.0. The number of nitrogens with zero attached hydrogens (tertiary/aromatic N) is 2. The SMILES string of the molecule is CCN(Cc1cccc(F)c1)S(=O)(=O)N(C)CCC(=O)O. The molecule has 1 aromatic rings. The molecule has 0 heterocycles. The fourth-order valence-corrected chi connectivity index (χ4v) is 3.12. The Balaban J connectivity index is 2.84. The van der Waals surface area contributed by atoms with Gasteiger partial charge in [-0.3, -0.25) is 4.79 Å². The van der Waals surface area contributed by atoms with E-state index < -0.39 is 22.0 Å². The Bertz CT molecular complexity index is 592. The molecule has 0 saturated heterocycles. The molecule has 0 aliphatic heterocycles. The summed E-state index contributed by atoms with van der Waals surface area (Å²) >= 11 is 0. The summed E-state index contributed by atoms with van der Waals surface area (Å²) in [6, 6.07) is 5.71. The van der Waals surface area contributed by atoms with Gasteiger partial charge in [0, 0.05) is 26.7 Å². The van der Waals surface area contributed by atoms with Crippen LogP contribution in [0, 0.1) is 5.82 Å². The third-order valence-corrected chi connectivity index (χ3v) is 4.97. The van der Waals surface area contributed by atoms with E-state index in [0.29, 0.717) is 5.56 Å². The quantitative estimate of drug-likeness (QED) is 0.783. The topological polar surface area (TPSA) is 77.9 Å². The smallest absolute Gasteiger partial charge is 0.304 e. The Hall–Kier alpha value is -1.51. The summed E-state index contributed by atoms with van der Waals surface area (Å²) in [4.78, 5) is 10.5. The Kier molecular flexibility index (Phi) is 6.25. The van der Waals surface area contributed by atoms with Crippen LogP contribution in [0.25, 0.3) is 0 Å². The molecule has 0 atom stereocenters. The first-order valence-corrected chi connectivity index (χ1v) is 7.84. The molecular formula is C13H19FN2O4S. The predicted molar refractivity (Wildman–Crippen MR) is 76.3 cm³/mol. The van der Waals surface area contributed by atoms with Crippen molar-refractivity contribution in [2.45, 2.75) is 19.9 Å². The van der Waals surface area contributed by atoms with Gasteiger partial charge < -0.3 is 5.11 Å². The van der Waals surface area contributed by atoms with E-state index in [4.69, 9.17) is 5.11 Å². The highest BCUT2D eigenvalue weighted by Gasteiger charge is 2.26. The number of hydrogen-bond acceptors (Lipinski definition) is 3. The van der Waals surface area contributed by atoms with Crippen LogP contribution >= 0.6 is 0 Å². The van der Waals surface area contributed by atoms with Gasteiger partial charge in [0.2, 0.25) is 0 Å². The zero-order chi connectivity index (χ0) is 16.0. The van der Waals surface area contributed by atoms with Gasteiger partial charge in [0.1, 0.15) is 5.82 Å². The molecule has 0 aromatic heterocycles. The molecule has 0 aliphatic carbocycles. The number of hydrogen-bond donors (Lipinski definition) is 1. The molecule has 1 rings (SSSR count). The van der Waals surface area contributed by atoms with Crippen LogP contribution in [0.1, 0.15) is 18.9 Å². The van der Waals surface area contributed by atoms with Crippen LogP contribution in [0.5, 0.6) is 0 Å². The van der Waals surface area contributed by atoms with Crippen LogP contribution in [-0.4, -0.2) is 48.2 Å². The summed E-state index contributed by atoms with van der Waals surface area (Å²) in [5.41, 5.74) is 0.534. The molecule has 0 amide bonds. The molecule has 0 unspecified atom stereocenters. The molecule has 0 bridgehead atoms. The minimum atomic E-state index is -3.78. The molecule has 6 nitrogen and oxygen atoms in total. The first-order valence-electron chi connectivity index (χ1n) is 6.45. The highest BCUT2D eigenvalue weighted by molar-refractivity contribution is 7.86. The molecule has 1 N–H and O–H groups in total. The van der Waals surface area contributed by atoms with Crippen molar-refractivity contribution in [1.29, 1.82) is 0 Å². The van der Waals surface area contributed by atoms with Crippen LogP contribution in [-0.2, 0) is 21.5 Å². The van der Waals surface area contributed by atoms with Crippen molar-refractivity contribution in [1.82, 2.24) is 8.61 Å². The first-order chi connectivity index (χ1) is 9.77. The largest absolute Gasteiger partial charge is 0.481 e. The minimum absolute atomic E-state index is 0.0357. The second-order valence-electron chi connectivity index (χ2n) is 4.53. The molecule has 8 heteroatoms. The molecule has 0 aliphatic rings. The summed E-state index contributed by atoms with van der Waals surface area (Å²) in [7, 11) is -2.45. The average Bonchev–Trinajstić information content (AvgIpc) is 2.41. The molecule has 1 aromatic carbocycles. The zero-order valence-corrected chi connectivity index (χ0v) is 12.8. The summed E-state index contributed by atoms with van der Waals surface area (Å²) in [6.45, 7) is 1.80. The second kappa shape index (κ2) is 7.48. The van der Waals surface area contributed by atoms with Crippen molar-refractivity contribution < 1.29 is 22.7 Å². The van der Waals surface area contributed by atoms with Crippen molar-refractivity contribution in [3.63, 3.8) is 0 Å². The van der Waals surface area contributed by atoms with Crippen LogP contribution in [0.3, 0.4) is 0 Å². The maximum atomic E-state index is 13.1. The van der Waals surface area contributed by atoms with Gasteiger partial charge in [-0.05, 0) is 17.7 Å². The molecule has 21 heavy (non-hydrogen) atoms. The van der Waals surface area contributed by atoms with Gasteiger partial charge in [-0.15, -0.1) is 0 Å². The van der Waals surface area contributed by atoms with Gasteiger partial charge in [-0.2, -0.15) is 17.0 Å². The molecule has 0 radical (unpaired) electrons. The van der Waals surface area contributed by atoms with Crippen molar-refractivity contribution in [3.05, 3.63) is 35.6 Å². The van der Waals surface area contributed by atoms with E-state index in [0.717, 1.165) is 4.31 Å². The van der Waals surface area contributed by atoms with E-state index in [9.17, 15) is 17.6 Å². The van der Waals surface area contributed by atoms with Crippen LogP contribution in [0.2, 0.25) is 0 Å². The standard InChI is InChI=1S/C13H19FN2O4S/c1-3-16(10-11-5-4-6-12(14)9-11)21(19,20)15(2)8-7-13(17)18/h4-6,9H,3,7-8,10H2,1-2H3,(H,17,18). The molecule has 118 valence electrons. The Labute approximate surface area is 124 Å². The van der Waals surface area contributed by atoms with Gasteiger partial charge in [0.25, 0.3) is 10.2 Å². The normalized spacial score (nSPS) is 12.0. The van der Waals surface area contributed by atoms with Gasteiger partial charge in [0.15, 0.2) is 0 Å². The minimum Gasteiger partial charge on any atom is -0.481 e. The average molecular weight is 318 g/mol. The third kappa shape index (κ3) is 5.07. The van der Waals surface area contributed by atoms with Crippen LogP contribution in [0.4, 0.5) is 4.39 Å². The number of carboxylic acids is 1. The van der Waals surface area contributed by atoms with Gasteiger partial charge in [-0.25, -0.2) is 4.39 Å². The number of halogens is 1. The number of carbonyl (C=O) groups is 1. The predicted octanol–water partition coefficient (Wildman–Crippen LogP) is 1.30. The second-order valence-corrected chi connectivity index (χ2v) is 6.56. The Morgan fingerprint density at radius 1 is 1.38 bits per heavy atom. The van der Waals surface area contributed by atoms with Gasteiger partial charge in [-0.1, -0.05) is 19.1 Å². The van der Waals surface area contributed by atoms with Crippen molar-refractivity contribution in [2.24, 2.45) is 0 Å². The Morgan fingerprint density at radius 2 is 2.05 bits per heavy atom. The van der Waals surface area contributed by atoms with Crippen molar-refractivity contribution >= 4 is 16.2 Å². The fourth-order valence-electron chi connectivity index (χ4n) is 1.76. The lowest BCUT2D eigenvalue weighted by molar-refractivity contribution is -0.137. The lowest BCUT2D eigenvalue weighted by Gasteiger charge is -2.26. The van der Waals surface area contributed by atoms with E-state index >= 15 is 0 Å². The number of carboxylic acid groups (broad SMARTS) is 1. The Morgan fingerprint density at radius 3 is 2.57 bits per heavy atom. The molecular weight excluding hydrogens is 299 g/mol. The highest BCUT2D eigenvalue weighted by atomic mass is 32.2. The number of rotatable bonds is 8. The van der Waals surface area contributed by atoms with Crippen LogP contribution in [0.15, 0.2) is 24.3 Å². The van der Waals surface area contributed by atoms with E-state index in [1.54, 1.807) is 13.0 Å². The lowest BCUT2D eigenvalue weighted by atomic mass is 10.2. The molecule has 0 saturated carbocycles. The monoisotopic (exact) mass is 318 g/mol. The first kappa shape index (κ1) is 17.5. The van der Waals surface area contributed by atoms with Gasteiger partial charge >= 0.3 is 5.97 Å². The fraction of sp³-hybridized carbons (Fsp3) is 0.462. The van der Waals surface area contributed by atoms with E-state index in [2.05, 4.69) is 0 Å². The maximum absolute atomic E-state index is 13.1. The van der Waals surface area contributed by atoms with E-state index in [1.807, 2.05) is 0 Å². The molecule has 0 spiro atoms. The molecule has 0 fully saturated rings. The summed E-state index contributed by atoms with van der Waals surface area (Å²) in [5.74, 6) is -1.49.